The largest absolute Gasteiger partial charge is 0.508 e. The van der Waals surface area contributed by atoms with Gasteiger partial charge in [-0.15, -0.1) is 0 Å². The summed E-state index contributed by atoms with van der Waals surface area (Å²) in [5.74, 6) is -0.344. The first-order valence-corrected chi connectivity index (χ1v) is 6.62. The minimum atomic E-state index is -0.715. The molecule has 1 aromatic carbocycles. The molecule has 1 aromatic rings. The van der Waals surface area contributed by atoms with Crippen LogP contribution in [0.15, 0.2) is 24.3 Å². The van der Waals surface area contributed by atoms with Crippen molar-refractivity contribution >= 4 is 12.1 Å². The van der Waals surface area contributed by atoms with E-state index in [1.54, 1.807) is 0 Å². The number of esters is 1. The van der Waals surface area contributed by atoms with Crippen LogP contribution in [0.3, 0.4) is 0 Å². The SMILES string of the molecule is CCc1ccc(COC(=O)OCCCOC(C)=O)cc1. The molecule has 0 unspecified atom stereocenters. The van der Waals surface area contributed by atoms with E-state index in [1.165, 1.54) is 12.5 Å². The van der Waals surface area contributed by atoms with E-state index in [-0.39, 0.29) is 25.8 Å². The van der Waals surface area contributed by atoms with Crippen LogP contribution in [0.2, 0.25) is 0 Å². The second-order valence-electron chi connectivity index (χ2n) is 4.25. The van der Waals surface area contributed by atoms with Crippen molar-refractivity contribution in [3.05, 3.63) is 35.4 Å². The third-order valence-corrected chi connectivity index (χ3v) is 2.60. The molecular formula is C15H20O5. The van der Waals surface area contributed by atoms with E-state index in [0.29, 0.717) is 6.42 Å². The van der Waals surface area contributed by atoms with E-state index in [0.717, 1.165) is 12.0 Å². The summed E-state index contributed by atoms with van der Waals surface area (Å²) >= 11 is 0. The standard InChI is InChI=1S/C15H20O5/c1-3-13-5-7-14(8-6-13)11-20-15(17)19-10-4-9-18-12(2)16/h5-8H,3-4,9-11H2,1-2H3. The highest BCUT2D eigenvalue weighted by Crippen LogP contribution is 2.06. The number of hydrogen-bond acceptors (Lipinski definition) is 5. The molecule has 0 atom stereocenters. The van der Waals surface area contributed by atoms with Crippen molar-refractivity contribution in [2.75, 3.05) is 13.2 Å². The highest BCUT2D eigenvalue weighted by molar-refractivity contribution is 5.65. The molecule has 0 amide bonds. The molecule has 0 saturated heterocycles. The fraction of sp³-hybridized carbons (Fsp3) is 0.467. The van der Waals surface area contributed by atoms with Crippen molar-refractivity contribution < 1.29 is 23.8 Å². The normalized spacial score (nSPS) is 9.90. The monoisotopic (exact) mass is 280 g/mol. The van der Waals surface area contributed by atoms with E-state index in [4.69, 9.17) is 14.2 Å². The van der Waals surface area contributed by atoms with Gasteiger partial charge in [0.25, 0.3) is 0 Å². The Labute approximate surface area is 118 Å². The lowest BCUT2D eigenvalue weighted by atomic mass is 10.1. The molecule has 5 nitrogen and oxygen atoms in total. The predicted octanol–water partition coefficient (Wildman–Crippen LogP) is 2.86. The number of rotatable bonds is 7. The van der Waals surface area contributed by atoms with Gasteiger partial charge in [-0.05, 0) is 17.5 Å². The Morgan fingerprint density at radius 2 is 1.55 bits per heavy atom. The van der Waals surface area contributed by atoms with Gasteiger partial charge in [0, 0.05) is 13.3 Å². The molecule has 5 heteroatoms. The molecule has 1 rings (SSSR count). The first kappa shape index (κ1) is 16.0. The number of carbonyl (C=O) groups is 2. The van der Waals surface area contributed by atoms with Crippen LogP contribution in [-0.2, 0) is 32.0 Å². The Bertz CT molecular complexity index is 424. The van der Waals surface area contributed by atoms with Crippen molar-refractivity contribution in [1.29, 1.82) is 0 Å². The van der Waals surface area contributed by atoms with Gasteiger partial charge in [0.15, 0.2) is 0 Å². The van der Waals surface area contributed by atoms with Crippen molar-refractivity contribution in [3.63, 3.8) is 0 Å². The molecule has 0 aliphatic heterocycles. The topological polar surface area (TPSA) is 61.8 Å². The zero-order valence-electron chi connectivity index (χ0n) is 11.9. The Morgan fingerprint density at radius 3 is 2.15 bits per heavy atom. The smallest absolute Gasteiger partial charge is 0.466 e. The molecule has 0 aliphatic rings. The third-order valence-electron chi connectivity index (χ3n) is 2.60. The maximum absolute atomic E-state index is 11.3. The lowest BCUT2D eigenvalue weighted by molar-refractivity contribution is -0.141. The summed E-state index contributed by atoms with van der Waals surface area (Å²) in [5, 5.41) is 0. The highest BCUT2D eigenvalue weighted by Gasteiger charge is 2.04. The van der Waals surface area contributed by atoms with Gasteiger partial charge in [-0.25, -0.2) is 4.79 Å². The Morgan fingerprint density at radius 1 is 0.950 bits per heavy atom. The summed E-state index contributed by atoms with van der Waals surface area (Å²) in [7, 11) is 0. The summed E-state index contributed by atoms with van der Waals surface area (Å²) in [4.78, 5) is 21.8. The van der Waals surface area contributed by atoms with Crippen LogP contribution >= 0.6 is 0 Å². The molecule has 0 spiro atoms. The van der Waals surface area contributed by atoms with E-state index >= 15 is 0 Å². The molecule has 20 heavy (non-hydrogen) atoms. The van der Waals surface area contributed by atoms with Crippen molar-refractivity contribution in [2.24, 2.45) is 0 Å². The maximum atomic E-state index is 11.3. The van der Waals surface area contributed by atoms with Crippen molar-refractivity contribution in [3.8, 4) is 0 Å². The number of ether oxygens (including phenoxy) is 3. The average Bonchev–Trinajstić information content (AvgIpc) is 2.45. The van der Waals surface area contributed by atoms with E-state index in [1.807, 2.05) is 24.3 Å². The van der Waals surface area contributed by atoms with Crippen LogP contribution in [0.25, 0.3) is 0 Å². The molecule has 0 N–H and O–H groups in total. The van der Waals surface area contributed by atoms with Crippen LogP contribution in [-0.4, -0.2) is 25.3 Å². The first-order chi connectivity index (χ1) is 9.61. The summed E-state index contributed by atoms with van der Waals surface area (Å²) in [6, 6.07) is 7.85. The van der Waals surface area contributed by atoms with E-state index < -0.39 is 6.16 Å². The minimum absolute atomic E-state index is 0.168. The van der Waals surface area contributed by atoms with Crippen LogP contribution in [0.1, 0.15) is 31.4 Å². The van der Waals surface area contributed by atoms with Gasteiger partial charge in [0.1, 0.15) is 6.61 Å². The lowest BCUT2D eigenvalue weighted by Crippen LogP contribution is -2.10. The maximum Gasteiger partial charge on any atom is 0.508 e. The molecule has 0 aliphatic carbocycles. The molecule has 0 bridgehead atoms. The molecule has 0 radical (unpaired) electrons. The molecule has 0 aromatic heterocycles. The second kappa shape index (κ2) is 8.96. The van der Waals surface area contributed by atoms with Crippen LogP contribution < -0.4 is 0 Å². The van der Waals surface area contributed by atoms with Gasteiger partial charge in [-0.3, -0.25) is 4.79 Å². The molecule has 110 valence electrons. The van der Waals surface area contributed by atoms with Crippen molar-refractivity contribution in [1.82, 2.24) is 0 Å². The molecular weight excluding hydrogens is 260 g/mol. The number of aryl methyl sites for hydroxylation is 1. The zero-order chi connectivity index (χ0) is 14.8. The van der Waals surface area contributed by atoms with Gasteiger partial charge >= 0.3 is 12.1 Å². The number of benzene rings is 1. The fourth-order valence-electron chi connectivity index (χ4n) is 1.49. The van der Waals surface area contributed by atoms with Gasteiger partial charge < -0.3 is 14.2 Å². The first-order valence-electron chi connectivity index (χ1n) is 6.62. The van der Waals surface area contributed by atoms with Crippen molar-refractivity contribution in [2.45, 2.75) is 33.3 Å². The Balaban J connectivity index is 2.14. The van der Waals surface area contributed by atoms with Crippen LogP contribution in [0.4, 0.5) is 4.79 Å². The number of carbonyl (C=O) groups excluding carboxylic acids is 2. The van der Waals surface area contributed by atoms with Gasteiger partial charge in [0.2, 0.25) is 0 Å². The number of hydrogen-bond donors (Lipinski definition) is 0. The average molecular weight is 280 g/mol. The second-order valence-corrected chi connectivity index (χ2v) is 4.25. The molecule has 0 heterocycles. The van der Waals surface area contributed by atoms with Gasteiger partial charge in [-0.2, -0.15) is 0 Å². The summed E-state index contributed by atoms with van der Waals surface area (Å²) in [6.07, 6.45) is 0.721. The minimum Gasteiger partial charge on any atom is -0.466 e. The Hall–Kier alpha value is -2.04. The van der Waals surface area contributed by atoms with Crippen LogP contribution in [0, 0.1) is 0 Å². The fourth-order valence-corrected chi connectivity index (χ4v) is 1.49. The summed E-state index contributed by atoms with van der Waals surface area (Å²) in [5.41, 5.74) is 2.15. The summed E-state index contributed by atoms with van der Waals surface area (Å²) in [6.45, 7) is 4.01. The summed E-state index contributed by atoms with van der Waals surface area (Å²) < 4.78 is 14.5. The van der Waals surface area contributed by atoms with Gasteiger partial charge in [0.05, 0.1) is 13.2 Å². The van der Waals surface area contributed by atoms with Crippen LogP contribution in [0.5, 0.6) is 0 Å². The Kier molecular flexibility index (Phi) is 7.17. The predicted molar refractivity (Wildman–Crippen MR) is 73.2 cm³/mol. The lowest BCUT2D eigenvalue weighted by Gasteiger charge is -2.07. The molecule has 0 fully saturated rings. The highest BCUT2D eigenvalue weighted by atomic mass is 16.7. The van der Waals surface area contributed by atoms with Gasteiger partial charge in [-0.1, -0.05) is 31.2 Å². The zero-order valence-corrected chi connectivity index (χ0v) is 11.9. The van der Waals surface area contributed by atoms with E-state index in [2.05, 4.69) is 6.92 Å². The third kappa shape index (κ3) is 6.78. The van der Waals surface area contributed by atoms with E-state index in [9.17, 15) is 9.59 Å². The quantitative estimate of drug-likeness (QED) is 0.567. The molecule has 0 saturated carbocycles.